The Hall–Kier alpha value is -1.61. The summed E-state index contributed by atoms with van der Waals surface area (Å²) in [4.78, 5) is 12.2. The fraction of sp³-hybridized carbons (Fsp3) is 0.375. The Morgan fingerprint density at radius 2 is 1.96 bits per heavy atom. The maximum absolute atomic E-state index is 12.4. The number of carbonyl (C=O) groups is 1. The highest BCUT2D eigenvalue weighted by molar-refractivity contribution is 7.89. The number of sulfonamides is 1. The van der Waals surface area contributed by atoms with Gasteiger partial charge in [-0.1, -0.05) is 23.2 Å². The van der Waals surface area contributed by atoms with E-state index in [-0.39, 0.29) is 20.5 Å². The van der Waals surface area contributed by atoms with Crippen LogP contribution in [0, 0.1) is 6.92 Å². The van der Waals surface area contributed by atoms with Gasteiger partial charge >= 0.3 is 0 Å². The zero-order valence-corrected chi connectivity index (χ0v) is 17.0. The van der Waals surface area contributed by atoms with Crippen LogP contribution in [0.2, 0.25) is 10.0 Å². The molecule has 0 saturated heterocycles. The maximum atomic E-state index is 12.4. The number of nitrogens with one attached hydrogen (secondary N) is 1. The van der Waals surface area contributed by atoms with E-state index in [4.69, 9.17) is 23.2 Å². The first-order chi connectivity index (χ1) is 12.1. The third-order valence-electron chi connectivity index (χ3n) is 3.79. The standard InChI is InChI=1S/C16H20Cl2N4O3S/c1-11-5-7-20-22(11)8-4-6-19-16(23)12-9-15(14(18)10-13(12)17)26(24,25)21(2)3/h5,7,9-10H,4,6,8H2,1-3H3,(H,19,23). The van der Waals surface area contributed by atoms with Crippen molar-refractivity contribution in [1.29, 1.82) is 0 Å². The van der Waals surface area contributed by atoms with Crippen LogP contribution in [0.3, 0.4) is 0 Å². The summed E-state index contributed by atoms with van der Waals surface area (Å²) in [6.45, 7) is 3.01. The third kappa shape index (κ3) is 4.56. The van der Waals surface area contributed by atoms with Crippen molar-refractivity contribution in [2.75, 3.05) is 20.6 Å². The number of aromatic nitrogens is 2. The fourth-order valence-electron chi connectivity index (χ4n) is 2.26. The lowest BCUT2D eigenvalue weighted by Crippen LogP contribution is -2.27. The molecule has 142 valence electrons. The van der Waals surface area contributed by atoms with Crippen LogP contribution in [0.1, 0.15) is 22.5 Å². The molecule has 1 aromatic carbocycles. The number of hydrogen-bond donors (Lipinski definition) is 1. The Bertz CT molecular complexity index is 910. The van der Waals surface area contributed by atoms with Gasteiger partial charge in [-0.3, -0.25) is 9.48 Å². The first-order valence-corrected chi connectivity index (χ1v) is 10.0. The van der Waals surface area contributed by atoms with Gasteiger partial charge in [0.25, 0.3) is 5.91 Å². The molecule has 10 heteroatoms. The van der Waals surface area contributed by atoms with E-state index in [2.05, 4.69) is 10.4 Å². The van der Waals surface area contributed by atoms with Gasteiger partial charge in [-0.25, -0.2) is 12.7 Å². The Kier molecular flexibility index (Phi) is 6.68. The molecule has 0 aliphatic rings. The fourth-order valence-corrected chi connectivity index (χ4v) is 3.98. The number of benzene rings is 1. The second kappa shape index (κ2) is 8.39. The van der Waals surface area contributed by atoms with Crippen molar-refractivity contribution in [1.82, 2.24) is 19.4 Å². The number of aryl methyl sites for hydroxylation is 2. The number of hydrogen-bond acceptors (Lipinski definition) is 4. The molecule has 0 bridgehead atoms. The molecule has 26 heavy (non-hydrogen) atoms. The van der Waals surface area contributed by atoms with E-state index in [1.54, 1.807) is 6.20 Å². The van der Waals surface area contributed by atoms with E-state index in [1.165, 1.54) is 26.2 Å². The highest BCUT2D eigenvalue weighted by atomic mass is 35.5. The van der Waals surface area contributed by atoms with E-state index >= 15 is 0 Å². The van der Waals surface area contributed by atoms with Crippen LogP contribution in [0.15, 0.2) is 29.3 Å². The Balaban J connectivity index is 2.10. The summed E-state index contributed by atoms with van der Waals surface area (Å²) in [5, 5.41) is 6.96. The molecule has 1 N–H and O–H groups in total. The molecule has 0 atom stereocenters. The quantitative estimate of drug-likeness (QED) is 0.700. The monoisotopic (exact) mass is 418 g/mol. The average molecular weight is 419 g/mol. The van der Waals surface area contributed by atoms with Gasteiger partial charge in [0, 0.05) is 39.1 Å². The minimum atomic E-state index is -3.79. The van der Waals surface area contributed by atoms with Crippen LogP contribution in [-0.4, -0.2) is 49.1 Å². The Morgan fingerprint density at radius 1 is 1.27 bits per heavy atom. The smallest absolute Gasteiger partial charge is 0.252 e. The van der Waals surface area contributed by atoms with Crippen molar-refractivity contribution < 1.29 is 13.2 Å². The predicted molar refractivity (Wildman–Crippen MR) is 101 cm³/mol. The summed E-state index contributed by atoms with van der Waals surface area (Å²) < 4.78 is 27.5. The molecule has 1 amide bonds. The van der Waals surface area contributed by atoms with Gasteiger partial charge in [0.05, 0.1) is 15.6 Å². The minimum absolute atomic E-state index is 0.0330. The SMILES string of the molecule is Cc1ccnn1CCCNC(=O)c1cc(S(=O)(=O)N(C)C)c(Cl)cc1Cl. The van der Waals surface area contributed by atoms with Crippen molar-refractivity contribution in [3.8, 4) is 0 Å². The molecule has 2 rings (SSSR count). The van der Waals surface area contributed by atoms with Crippen molar-refractivity contribution >= 4 is 39.1 Å². The summed E-state index contributed by atoms with van der Waals surface area (Å²) in [5.41, 5.74) is 1.10. The van der Waals surface area contributed by atoms with Crippen LogP contribution in [0.5, 0.6) is 0 Å². The topological polar surface area (TPSA) is 84.3 Å². The van der Waals surface area contributed by atoms with Gasteiger partial charge in [0.1, 0.15) is 4.90 Å². The van der Waals surface area contributed by atoms with Gasteiger partial charge in [-0.2, -0.15) is 5.10 Å². The summed E-state index contributed by atoms with van der Waals surface area (Å²) in [7, 11) is -1.02. The van der Waals surface area contributed by atoms with Gasteiger partial charge in [0.15, 0.2) is 0 Å². The first-order valence-electron chi connectivity index (χ1n) is 7.82. The summed E-state index contributed by atoms with van der Waals surface area (Å²) in [5.74, 6) is -0.459. The van der Waals surface area contributed by atoms with E-state index in [0.717, 1.165) is 10.00 Å². The van der Waals surface area contributed by atoms with Crippen LogP contribution < -0.4 is 5.32 Å². The zero-order chi connectivity index (χ0) is 19.5. The number of nitrogens with zero attached hydrogens (tertiary/aromatic N) is 3. The molecular formula is C16H20Cl2N4O3S. The van der Waals surface area contributed by atoms with Crippen LogP contribution >= 0.6 is 23.2 Å². The summed E-state index contributed by atoms with van der Waals surface area (Å²) in [6, 6.07) is 4.37. The second-order valence-corrected chi connectivity index (χ2v) is 8.79. The van der Waals surface area contributed by atoms with Gasteiger partial charge in [-0.05, 0) is 31.5 Å². The summed E-state index contributed by atoms with van der Waals surface area (Å²) in [6.07, 6.45) is 2.39. The van der Waals surface area contributed by atoms with Crippen molar-refractivity contribution in [2.45, 2.75) is 24.8 Å². The van der Waals surface area contributed by atoms with E-state index < -0.39 is 15.9 Å². The highest BCUT2D eigenvalue weighted by Gasteiger charge is 2.24. The number of amides is 1. The lowest BCUT2D eigenvalue weighted by atomic mass is 10.2. The average Bonchev–Trinajstić information content (AvgIpc) is 2.96. The molecule has 0 fully saturated rings. The van der Waals surface area contributed by atoms with Gasteiger partial charge < -0.3 is 5.32 Å². The number of halogens is 2. The highest BCUT2D eigenvalue weighted by Crippen LogP contribution is 2.30. The largest absolute Gasteiger partial charge is 0.352 e. The molecule has 0 aliphatic heterocycles. The predicted octanol–water partition coefficient (Wildman–Crippen LogP) is 2.57. The normalized spacial score (nSPS) is 11.8. The Labute approximate surface area is 162 Å². The molecule has 7 nitrogen and oxygen atoms in total. The number of rotatable bonds is 7. The summed E-state index contributed by atoms with van der Waals surface area (Å²) >= 11 is 12.1. The zero-order valence-electron chi connectivity index (χ0n) is 14.7. The maximum Gasteiger partial charge on any atom is 0.252 e. The van der Waals surface area contributed by atoms with Crippen molar-refractivity contribution in [3.05, 3.63) is 45.7 Å². The molecular weight excluding hydrogens is 399 g/mol. The molecule has 0 aliphatic carbocycles. The van der Waals surface area contributed by atoms with Crippen LogP contribution in [-0.2, 0) is 16.6 Å². The molecule has 1 aromatic heterocycles. The lowest BCUT2D eigenvalue weighted by molar-refractivity contribution is 0.0952. The molecule has 1 heterocycles. The first kappa shape index (κ1) is 20.7. The van der Waals surface area contributed by atoms with Crippen LogP contribution in [0.25, 0.3) is 0 Å². The minimum Gasteiger partial charge on any atom is -0.352 e. The number of carbonyl (C=O) groups excluding carboxylic acids is 1. The molecule has 0 spiro atoms. The second-order valence-electron chi connectivity index (χ2n) is 5.86. The third-order valence-corrected chi connectivity index (χ3v) is 6.38. The van der Waals surface area contributed by atoms with Gasteiger partial charge in [-0.15, -0.1) is 0 Å². The lowest BCUT2D eigenvalue weighted by Gasteiger charge is -2.15. The van der Waals surface area contributed by atoms with Crippen molar-refractivity contribution in [3.63, 3.8) is 0 Å². The van der Waals surface area contributed by atoms with Crippen LogP contribution in [0.4, 0.5) is 0 Å². The molecule has 0 radical (unpaired) electrons. The van der Waals surface area contributed by atoms with Gasteiger partial charge in [0.2, 0.25) is 10.0 Å². The molecule has 2 aromatic rings. The van der Waals surface area contributed by atoms with Crippen molar-refractivity contribution in [2.24, 2.45) is 0 Å². The molecule has 0 saturated carbocycles. The van der Waals surface area contributed by atoms with E-state index in [0.29, 0.717) is 19.5 Å². The van der Waals surface area contributed by atoms with E-state index in [9.17, 15) is 13.2 Å². The Morgan fingerprint density at radius 3 is 2.54 bits per heavy atom. The van der Waals surface area contributed by atoms with E-state index in [1.807, 2.05) is 17.7 Å². The molecule has 0 unspecified atom stereocenters.